The first kappa shape index (κ1) is 19.4. The number of aryl methyl sites for hydroxylation is 1. The molecule has 0 fully saturated rings. The van der Waals surface area contributed by atoms with Gasteiger partial charge in [-0.25, -0.2) is 4.79 Å². The van der Waals surface area contributed by atoms with Gasteiger partial charge >= 0.3 is 12.1 Å². The number of rotatable bonds is 4. The molecule has 0 saturated heterocycles. The molecule has 0 atom stereocenters. The Kier molecular flexibility index (Phi) is 6.18. The van der Waals surface area contributed by atoms with Gasteiger partial charge in [0.1, 0.15) is 0 Å². The number of aliphatic imine (C=N–C) groups is 1. The minimum absolute atomic E-state index is 0.0939. The smallest absolute Gasteiger partial charge is 0.417 e. The van der Waals surface area contributed by atoms with Crippen LogP contribution in [0, 0.1) is 6.92 Å². The van der Waals surface area contributed by atoms with E-state index in [2.05, 4.69) is 22.4 Å². The number of hydrogen-bond donors (Lipinski definition) is 1. The maximum absolute atomic E-state index is 13.4. The molecule has 25 heavy (non-hydrogen) atoms. The molecular weight excluding hydrogens is 371 g/mol. The standard InChI is InChI=1S/C17H14F3NO2S2/c1-10-7-12(21-9-24)8-14(17(18,19)20)15(10)25-13-5-3-11(4-6-13)16(22)23-2/h3-9H,1-2H3,(H,21,24). The van der Waals surface area contributed by atoms with Crippen molar-refractivity contribution in [3.8, 4) is 0 Å². The molecule has 0 heterocycles. The van der Waals surface area contributed by atoms with Crippen molar-refractivity contribution in [1.29, 1.82) is 0 Å². The van der Waals surface area contributed by atoms with Crippen LogP contribution in [0.2, 0.25) is 0 Å². The lowest BCUT2D eigenvalue weighted by Crippen LogP contribution is -2.08. The van der Waals surface area contributed by atoms with E-state index < -0.39 is 17.7 Å². The molecule has 2 aromatic carbocycles. The molecular formula is C17H14F3NO2S2. The van der Waals surface area contributed by atoms with Crippen molar-refractivity contribution in [3.05, 3.63) is 53.1 Å². The van der Waals surface area contributed by atoms with Crippen molar-refractivity contribution in [2.24, 2.45) is 4.99 Å². The molecule has 3 nitrogen and oxygen atoms in total. The number of benzene rings is 2. The quantitative estimate of drug-likeness (QED) is 0.325. The van der Waals surface area contributed by atoms with E-state index in [1.165, 1.54) is 19.2 Å². The van der Waals surface area contributed by atoms with Crippen LogP contribution in [-0.4, -0.2) is 18.6 Å². The molecule has 0 radical (unpaired) electrons. The summed E-state index contributed by atoms with van der Waals surface area (Å²) in [7, 11) is 1.26. The van der Waals surface area contributed by atoms with E-state index in [1.54, 1.807) is 25.1 Å². The number of thiol groups is 1. The van der Waals surface area contributed by atoms with Gasteiger partial charge in [-0.2, -0.15) is 13.2 Å². The van der Waals surface area contributed by atoms with Gasteiger partial charge < -0.3 is 4.74 Å². The molecule has 0 spiro atoms. The van der Waals surface area contributed by atoms with E-state index in [9.17, 15) is 18.0 Å². The lowest BCUT2D eigenvalue weighted by atomic mass is 10.1. The average molecular weight is 385 g/mol. The molecule has 0 amide bonds. The Morgan fingerprint density at radius 2 is 1.88 bits per heavy atom. The highest BCUT2D eigenvalue weighted by Gasteiger charge is 2.35. The monoisotopic (exact) mass is 385 g/mol. The fourth-order valence-corrected chi connectivity index (χ4v) is 3.28. The van der Waals surface area contributed by atoms with Crippen LogP contribution < -0.4 is 0 Å². The zero-order valence-corrected chi connectivity index (χ0v) is 15.0. The zero-order valence-electron chi connectivity index (χ0n) is 13.3. The normalized spacial score (nSPS) is 11.8. The zero-order chi connectivity index (χ0) is 18.6. The van der Waals surface area contributed by atoms with Crippen molar-refractivity contribution in [1.82, 2.24) is 0 Å². The Morgan fingerprint density at radius 3 is 2.40 bits per heavy atom. The maximum atomic E-state index is 13.4. The van der Waals surface area contributed by atoms with E-state index in [0.717, 1.165) is 23.4 Å². The summed E-state index contributed by atoms with van der Waals surface area (Å²) >= 11 is 4.78. The highest BCUT2D eigenvalue weighted by Crippen LogP contribution is 2.43. The van der Waals surface area contributed by atoms with Crippen LogP contribution in [0.15, 0.2) is 51.2 Å². The summed E-state index contributed by atoms with van der Waals surface area (Å²) in [5.41, 5.74) is 1.35. The van der Waals surface area contributed by atoms with Crippen molar-refractivity contribution in [2.45, 2.75) is 22.9 Å². The summed E-state index contributed by atoms with van der Waals surface area (Å²) in [5.74, 6) is -0.502. The maximum Gasteiger partial charge on any atom is 0.417 e. The third kappa shape index (κ3) is 4.79. The van der Waals surface area contributed by atoms with Crippen molar-refractivity contribution >= 4 is 41.6 Å². The number of carbonyl (C=O) groups excluding carboxylic acids is 1. The number of esters is 1. The summed E-state index contributed by atoms with van der Waals surface area (Å²) < 4.78 is 44.9. The molecule has 2 aromatic rings. The van der Waals surface area contributed by atoms with Gasteiger partial charge in [-0.05, 0) is 48.9 Å². The molecule has 0 saturated carbocycles. The lowest BCUT2D eigenvalue weighted by Gasteiger charge is -2.16. The van der Waals surface area contributed by atoms with Crippen LogP contribution >= 0.6 is 24.4 Å². The SMILES string of the molecule is COC(=O)c1ccc(Sc2c(C)cc(N=CS)cc2C(F)(F)F)cc1. The molecule has 0 aliphatic rings. The van der Waals surface area contributed by atoms with Gasteiger partial charge in [0.25, 0.3) is 0 Å². The predicted molar refractivity (Wildman–Crippen MR) is 95.2 cm³/mol. The van der Waals surface area contributed by atoms with E-state index >= 15 is 0 Å². The highest BCUT2D eigenvalue weighted by molar-refractivity contribution is 7.99. The Hall–Kier alpha value is -1.93. The van der Waals surface area contributed by atoms with E-state index in [4.69, 9.17) is 0 Å². The first-order valence-corrected chi connectivity index (χ1v) is 8.34. The Labute approximate surface area is 152 Å². The van der Waals surface area contributed by atoms with Crippen LogP contribution in [0.3, 0.4) is 0 Å². The molecule has 132 valence electrons. The summed E-state index contributed by atoms with van der Waals surface area (Å²) in [6.45, 7) is 1.60. The number of hydrogen-bond acceptors (Lipinski definition) is 4. The van der Waals surface area contributed by atoms with E-state index in [-0.39, 0.29) is 10.6 Å². The average Bonchev–Trinajstić information content (AvgIpc) is 2.56. The molecule has 0 unspecified atom stereocenters. The van der Waals surface area contributed by atoms with Gasteiger partial charge in [0, 0.05) is 9.79 Å². The molecule has 0 aliphatic heterocycles. The van der Waals surface area contributed by atoms with Crippen molar-refractivity contribution in [3.63, 3.8) is 0 Å². The minimum Gasteiger partial charge on any atom is -0.465 e. The van der Waals surface area contributed by atoms with Gasteiger partial charge in [-0.1, -0.05) is 11.8 Å². The number of ether oxygens (including phenoxy) is 1. The van der Waals surface area contributed by atoms with Crippen LogP contribution in [-0.2, 0) is 10.9 Å². The van der Waals surface area contributed by atoms with E-state index in [0.29, 0.717) is 16.0 Å². The fourth-order valence-electron chi connectivity index (χ4n) is 2.14. The van der Waals surface area contributed by atoms with Crippen LogP contribution in [0.4, 0.5) is 18.9 Å². The van der Waals surface area contributed by atoms with Crippen molar-refractivity contribution < 1.29 is 22.7 Å². The van der Waals surface area contributed by atoms with Gasteiger partial charge in [-0.15, -0.1) is 12.6 Å². The summed E-state index contributed by atoms with van der Waals surface area (Å²) in [5, 5.41) is 0. The highest BCUT2D eigenvalue weighted by atomic mass is 32.2. The second-order valence-electron chi connectivity index (χ2n) is 5.00. The molecule has 0 N–H and O–H groups in total. The molecule has 8 heteroatoms. The summed E-state index contributed by atoms with van der Waals surface area (Å²) in [6, 6.07) is 8.73. The molecule has 0 aromatic heterocycles. The first-order chi connectivity index (χ1) is 11.8. The number of alkyl halides is 3. The van der Waals surface area contributed by atoms with Crippen molar-refractivity contribution in [2.75, 3.05) is 7.11 Å². The number of halogens is 3. The van der Waals surface area contributed by atoms with Gasteiger partial charge in [0.15, 0.2) is 0 Å². The fraction of sp³-hybridized carbons (Fsp3) is 0.176. The predicted octanol–water partition coefficient (Wildman–Crippen LogP) is 5.54. The third-order valence-electron chi connectivity index (χ3n) is 3.27. The molecule has 0 bridgehead atoms. The largest absolute Gasteiger partial charge is 0.465 e. The second kappa shape index (κ2) is 7.97. The number of carbonyl (C=O) groups is 1. The van der Waals surface area contributed by atoms with Gasteiger partial charge in [0.05, 0.1) is 29.5 Å². The summed E-state index contributed by atoms with van der Waals surface area (Å²) in [6.07, 6.45) is -4.51. The molecule has 2 rings (SSSR count). The minimum atomic E-state index is -4.51. The third-order valence-corrected chi connectivity index (χ3v) is 4.64. The van der Waals surface area contributed by atoms with E-state index in [1.807, 2.05) is 0 Å². The Morgan fingerprint density at radius 1 is 1.24 bits per heavy atom. The first-order valence-electron chi connectivity index (χ1n) is 7.01. The number of nitrogens with zero attached hydrogens (tertiary/aromatic N) is 1. The van der Waals surface area contributed by atoms with Crippen LogP contribution in [0.5, 0.6) is 0 Å². The van der Waals surface area contributed by atoms with Crippen LogP contribution in [0.25, 0.3) is 0 Å². The Balaban J connectivity index is 2.43. The van der Waals surface area contributed by atoms with Crippen LogP contribution in [0.1, 0.15) is 21.5 Å². The summed E-state index contributed by atoms with van der Waals surface area (Å²) in [4.78, 5) is 15.9. The Bertz CT molecular complexity index is 803. The van der Waals surface area contributed by atoms with Gasteiger partial charge in [0.2, 0.25) is 0 Å². The number of methoxy groups -OCH3 is 1. The topological polar surface area (TPSA) is 38.7 Å². The molecule has 0 aliphatic carbocycles. The lowest BCUT2D eigenvalue weighted by molar-refractivity contribution is -0.139. The van der Waals surface area contributed by atoms with Gasteiger partial charge in [-0.3, -0.25) is 4.99 Å². The second-order valence-corrected chi connectivity index (χ2v) is 6.31.